The number of nitrogens with zero attached hydrogens (tertiary/aromatic N) is 2. The summed E-state index contributed by atoms with van der Waals surface area (Å²) in [7, 11) is 0. The van der Waals surface area contributed by atoms with Gasteiger partial charge in [0.25, 0.3) is 0 Å². The summed E-state index contributed by atoms with van der Waals surface area (Å²) in [6, 6.07) is 8.02. The zero-order valence-electron chi connectivity index (χ0n) is 12.2. The van der Waals surface area contributed by atoms with E-state index >= 15 is 0 Å². The molecule has 2 amide bonds. The first-order valence-electron chi connectivity index (χ1n) is 7.30. The van der Waals surface area contributed by atoms with Crippen molar-refractivity contribution in [3.8, 4) is 0 Å². The molecule has 0 saturated carbocycles. The van der Waals surface area contributed by atoms with Gasteiger partial charge in [0, 0.05) is 53.2 Å². The van der Waals surface area contributed by atoms with Crippen molar-refractivity contribution in [2.45, 2.75) is 13.0 Å². The molecule has 3 heterocycles. The molecule has 0 bridgehead atoms. The maximum absolute atomic E-state index is 12.4. The summed E-state index contributed by atoms with van der Waals surface area (Å²) in [4.78, 5) is 33.4. The number of carbonyl (C=O) groups is 2. The lowest BCUT2D eigenvalue weighted by atomic mass is 10.0. The molecule has 1 aromatic carbocycles. The Morgan fingerprint density at radius 2 is 2.17 bits per heavy atom. The number of fused-ring (bicyclic) bond motifs is 3. The average Bonchev–Trinajstić information content (AvgIpc) is 3.20. The molecule has 116 valence electrons. The Bertz CT molecular complexity index is 885. The second-order valence-corrected chi connectivity index (χ2v) is 6.29. The van der Waals surface area contributed by atoms with Crippen molar-refractivity contribution < 1.29 is 9.59 Å². The van der Waals surface area contributed by atoms with Gasteiger partial charge in [-0.2, -0.15) is 0 Å². The highest BCUT2D eigenvalue weighted by Crippen LogP contribution is 2.27. The molecule has 0 spiro atoms. The van der Waals surface area contributed by atoms with Crippen LogP contribution in [-0.2, 0) is 22.6 Å². The van der Waals surface area contributed by atoms with Crippen LogP contribution in [0.2, 0.25) is 0 Å². The number of hydrogen-bond donors (Lipinski definition) is 2. The van der Waals surface area contributed by atoms with Crippen molar-refractivity contribution >= 4 is 39.2 Å². The summed E-state index contributed by atoms with van der Waals surface area (Å²) in [5.41, 5.74) is 3.32. The fourth-order valence-electron chi connectivity index (χ4n) is 2.92. The molecule has 4 rings (SSSR count). The van der Waals surface area contributed by atoms with Crippen LogP contribution in [0.15, 0.2) is 35.8 Å². The average molecular weight is 326 g/mol. The Labute approximate surface area is 136 Å². The van der Waals surface area contributed by atoms with Crippen LogP contribution >= 0.6 is 11.3 Å². The van der Waals surface area contributed by atoms with Gasteiger partial charge in [0.2, 0.25) is 0 Å². The molecule has 0 unspecified atom stereocenters. The molecular formula is C16H14N4O2S. The first kappa shape index (κ1) is 14.0. The molecule has 6 nitrogen and oxygen atoms in total. The number of benzene rings is 1. The first-order chi connectivity index (χ1) is 11.2. The van der Waals surface area contributed by atoms with Gasteiger partial charge in [-0.1, -0.05) is 18.2 Å². The normalized spacial score (nSPS) is 13.8. The minimum atomic E-state index is -0.636. The van der Waals surface area contributed by atoms with E-state index in [1.54, 1.807) is 16.5 Å². The van der Waals surface area contributed by atoms with Gasteiger partial charge >= 0.3 is 11.8 Å². The Morgan fingerprint density at radius 1 is 1.30 bits per heavy atom. The molecule has 7 heteroatoms. The maximum Gasteiger partial charge on any atom is 0.315 e. The van der Waals surface area contributed by atoms with E-state index < -0.39 is 11.8 Å². The van der Waals surface area contributed by atoms with Gasteiger partial charge in [-0.3, -0.25) is 14.9 Å². The summed E-state index contributed by atoms with van der Waals surface area (Å²) in [6.45, 7) is 0.980. The lowest BCUT2D eigenvalue weighted by Gasteiger charge is -2.26. The van der Waals surface area contributed by atoms with E-state index in [0.717, 1.165) is 28.6 Å². The van der Waals surface area contributed by atoms with Gasteiger partial charge in [0.1, 0.15) is 0 Å². The van der Waals surface area contributed by atoms with Gasteiger partial charge in [0.05, 0.1) is 0 Å². The van der Waals surface area contributed by atoms with Gasteiger partial charge in [-0.25, -0.2) is 4.98 Å². The monoisotopic (exact) mass is 326 g/mol. The summed E-state index contributed by atoms with van der Waals surface area (Å²) in [5.74, 6) is -1.15. The highest BCUT2D eigenvalue weighted by Gasteiger charge is 2.28. The number of carbonyl (C=O) groups excluding carboxylic acids is 2. The molecule has 0 aliphatic carbocycles. The van der Waals surface area contributed by atoms with Crippen molar-refractivity contribution in [2.24, 2.45) is 0 Å². The fraction of sp³-hybridized carbons (Fsp3) is 0.188. The number of rotatable bonds is 1. The predicted octanol–water partition coefficient (Wildman–Crippen LogP) is 2.15. The van der Waals surface area contributed by atoms with Crippen LogP contribution in [0.4, 0.5) is 5.13 Å². The zero-order chi connectivity index (χ0) is 15.8. The molecule has 3 aromatic rings. The third-order valence-corrected chi connectivity index (χ3v) is 4.71. The second kappa shape index (κ2) is 5.51. The molecular weight excluding hydrogens is 312 g/mol. The zero-order valence-corrected chi connectivity index (χ0v) is 13.0. The van der Waals surface area contributed by atoms with E-state index in [9.17, 15) is 9.59 Å². The van der Waals surface area contributed by atoms with E-state index in [4.69, 9.17) is 0 Å². The van der Waals surface area contributed by atoms with Crippen LogP contribution in [-0.4, -0.2) is 33.2 Å². The Morgan fingerprint density at radius 3 is 3.00 bits per heavy atom. The van der Waals surface area contributed by atoms with E-state index in [1.165, 1.54) is 11.3 Å². The quantitative estimate of drug-likeness (QED) is 0.673. The highest BCUT2D eigenvalue weighted by molar-refractivity contribution is 7.13. The van der Waals surface area contributed by atoms with Crippen molar-refractivity contribution in [1.82, 2.24) is 14.9 Å². The van der Waals surface area contributed by atoms with E-state index in [0.29, 0.717) is 18.2 Å². The molecule has 0 radical (unpaired) electrons. The number of aromatic nitrogens is 2. The molecule has 0 atom stereocenters. The second-order valence-electron chi connectivity index (χ2n) is 5.40. The standard InChI is InChI=1S/C16H14N4O2S/c21-14(19-16-17-6-8-23-16)15(22)20-7-5-13-11(9-20)10-3-1-2-4-12(10)18-13/h1-4,6,8,18H,5,7,9H2,(H,17,19,21). The lowest BCUT2D eigenvalue weighted by molar-refractivity contribution is -0.143. The Hall–Kier alpha value is -2.67. The van der Waals surface area contributed by atoms with Gasteiger partial charge in [0.15, 0.2) is 5.13 Å². The van der Waals surface area contributed by atoms with Crippen LogP contribution in [0.5, 0.6) is 0 Å². The summed E-state index contributed by atoms with van der Waals surface area (Å²) in [5, 5.41) is 5.84. The van der Waals surface area contributed by atoms with Crippen LogP contribution in [0, 0.1) is 0 Å². The predicted molar refractivity (Wildman–Crippen MR) is 88.2 cm³/mol. The highest BCUT2D eigenvalue weighted by atomic mass is 32.1. The molecule has 2 aromatic heterocycles. The van der Waals surface area contributed by atoms with Crippen LogP contribution in [0.25, 0.3) is 10.9 Å². The largest absolute Gasteiger partial charge is 0.358 e. The fourth-order valence-corrected chi connectivity index (χ4v) is 3.44. The smallest absolute Gasteiger partial charge is 0.315 e. The van der Waals surface area contributed by atoms with Crippen molar-refractivity contribution in [3.63, 3.8) is 0 Å². The summed E-state index contributed by atoms with van der Waals surface area (Å²) in [6.07, 6.45) is 2.31. The SMILES string of the molecule is O=C(Nc1nccs1)C(=O)N1CCc2[nH]c3ccccc3c2C1. The van der Waals surface area contributed by atoms with Crippen LogP contribution in [0.1, 0.15) is 11.3 Å². The Balaban J connectivity index is 1.55. The lowest BCUT2D eigenvalue weighted by Crippen LogP contribution is -2.42. The van der Waals surface area contributed by atoms with Crippen molar-refractivity contribution in [2.75, 3.05) is 11.9 Å². The van der Waals surface area contributed by atoms with Crippen LogP contribution in [0.3, 0.4) is 0 Å². The minimum absolute atomic E-state index is 0.438. The molecule has 2 N–H and O–H groups in total. The summed E-state index contributed by atoms with van der Waals surface area (Å²) < 4.78 is 0. The van der Waals surface area contributed by atoms with Crippen LogP contribution < -0.4 is 5.32 Å². The number of para-hydroxylation sites is 1. The van der Waals surface area contributed by atoms with E-state index in [2.05, 4.69) is 15.3 Å². The van der Waals surface area contributed by atoms with Gasteiger partial charge in [-0.05, 0) is 6.07 Å². The topological polar surface area (TPSA) is 78.1 Å². The van der Waals surface area contributed by atoms with Crippen molar-refractivity contribution in [1.29, 1.82) is 0 Å². The number of anilines is 1. The number of nitrogens with one attached hydrogen (secondary N) is 2. The summed E-state index contributed by atoms with van der Waals surface area (Å²) >= 11 is 1.29. The molecule has 0 saturated heterocycles. The number of aromatic amines is 1. The van der Waals surface area contributed by atoms with Gasteiger partial charge in [-0.15, -0.1) is 11.3 Å². The number of H-pyrrole nitrogens is 1. The number of hydrogen-bond acceptors (Lipinski definition) is 4. The molecule has 23 heavy (non-hydrogen) atoms. The maximum atomic E-state index is 12.4. The van der Waals surface area contributed by atoms with Gasteiger partial charge < -0.3 is 9.88 Å². The minimum Gasteiger partial charge on any atom is -0.358 e. The molecule has 1 aliphatic heterocycles. The molecule has 1 aliphatic rings. The number of amides is 2. The van der Waals surface area contributed by atoms with E-state index in [1.807, 2.05) is 24.3 Å². The third kappa shape index (κ3) is 2.49. The first-order valence-corrected chi connectivity index (χ1v) is 8.18. The Kier molecular flexibility index (Phi) is 3.34. The third-order valence-electron chi connectivity index (χ3n) is 4.02. The molecule has 0 fully saturated rings. The van der Waals surface area contributed by atoms with Crippen molar-refractivity contribution in [3.05, 3.63) is 47.1 Å². The number of thiazole rings is 1. The van der Waals surface area contributed by atoms with E-state index in [-0.39, 0.29) is 0 Å².